The molecule has 0 saturated heterocycles. The van der Waals surface area contributed by atoms with E-state index >= 15 is 0 Å². The summed E-state index contributed by atoms with van der Waals surface area (Å²) in [4.78, 5) is 28.0. The number of hydrogen-bond acceptors (Lipinski definition) is 5. The smallest absolute Gasteiger partial charge is 0.323 e. The Balaban J connectivity index is 2.01. The van der Waals surface area contributed by atoms with Crippen LogP contribution in [-0.4, -0.2) is 37.2 Å². The van der Waals surface area contributed by atoms with Gasteiger partial charge in [0.25, 0.3) is 5.91 Å². The van der Waals surface area contributed by atoms with E-state index in [1.807, 2.05) is 0 Å². The van der Waals surface area contributed by atoms with Crippen LogP contribution < -0.4 is 20.7 Å². The molecule has 0 saturated carbocycles. The first-order chi connectivity index (χ1) is 12.0. The Bertz CT molecular complexity index is 751. The number of urea groups is 1. The van der Waals surface area contributed by atoms with Crippen LogP contribution in [0, 0.1) is 0 Å². The Morgan fingerprint density at radius 1 is 1.04 bits per heavy atom. The number of aromatic nitrogens is 1. The molecule has 1 aromatic heterocycles. The maximum Gasteiger partial charge on any atom is 0.323 e. The van der Waals surface area contributed by atoms with E-state index < -0.39 is 12.1 Å². The van der Waals surface area contributed by atoms with Crippen LogP contribution in [0.5, 0.6) is 5.88 Å². The number of rotatable bonds is 6. The lowest BCUT2D eigenvalue weighted by atomic mass is 10.2. The molecule has 2 rings (SSSR count). The van der Waals surface area contributed by atoms with E-state index in [1.165, 1.54) is 14.2 Å². The minimum Gasteiger partial charge on any atom is -0.480 e. The highest BCUT2D eigenvalue weighted by atomic mass is 16.5. The summed E-state index contributed by atoms with van der Waals surface area (Å²) in [7, 11) is 2.93. The van der Waals surface area contributed by atoms with Crippen molar-refractivity contribution in [2.75, 3.05) is 30.2 Å². The highest BCUT2D eigenvalue weighted by Gasteiger charge is 2.12. The van der Waals surface area contributed by atoms with Crippen LogP contribution in [0.2, 0.25) is 0 Å². The van der Waals surface area contributed by atoms with Gasteiger partial charge in [-0.2, -0.15) is 0 Å². The molecule has 8 heteroatoms. The van der Waals surface area contributed by atoms with Gasteiger partial charge in [-0.1, -0.05) is 6.07 Å². The van der Waals surface area contributed by atoms with Crippen LogP contribution in [0.4, 0.5) is 21.9 Å². The first-order valence-electron chi connectivity index (χ1n) is 7.54. The number of pyridine rings is 1. The Labute approximate surface area is 145 Å². The van der Waals surface area contributed by atoms with E-state index in [0.717, 1.165) is 0 Å². The third-order valence-electron chi connectivity index (χ3n) is 3.32. The molecule has 3 N–H and O–H groups in total. The maximum absolute atomic E-state index is 12.1. The van der Waals surface area contributed by atoms with Crippen LogP contribution >= 0.6 is 0 Å². The van der Waals surface area contributed by atoms with Crippen LogP contribution in [0.3, 0.4) is 0 Å². The molecule has 8 nitrogen and oxygen atoms in total. The van der Waals surface area contributed by atoms with Crippen molar-refractivity contribution < 1.29 is 19.1 Å². The summed E-state index contributed by atoms with van der Waals surface area (Å²) in [5.74, 6) is 0.0383. The second-order valence-corrected chi connectivity index (χ2v) is 5.09. The number of carbonyl (C=O) groups excluding carboxylic acids is 2. The zero-order valence-electron chi connectivity index (χ0n) is 14.2. The van der Waals surface area contributed by atoms with Crippen LogP contribution in [0.25, 0.3) is 0 Å². The highest BCUT2D eigenvalue weighted by molar-refractivity contribution is 6.01. The van der Waals surface area contributed by atoms with Crippen molar-refractivity contribution in [3.63, 3.8) is 0 Å². The zero-order valence-corrected chi connectivity index (χ0v) is 14.2. The fourth-order valence-corrected chi connectivity index (χ4v) is 1.96. The van der Waals surface area contributed by atoms with Gasteiger partial charge in [0.1, 0.15) is 11.8 Å². The number of nitrogens with zero attached hydrogens (tertiary/aromatic N) is 1. The number of benzene rings is 1. The van der Waals surface area contributed by atoms with Crippen molar-refractivity contribution in [1.82, 2.24) is 4.98 Å². The molecule has 2 aromatic rings. The van der Waals surface area contributed by atoms with Gasteiger partial charge >= 0.3 is 6.03 Å². The molecule has 0 aliphatic heterocycles. The summed E-state index contributed by atoms with van der Waals surface area (Å²) in [6.45, 7) is 1.65. The van der Waals surface area contributed by atoms with E-state index in [2.05, 4.69) is 20.9 Å². The fourth-order valence-electron chi connectivity index (χ4n) is 1.96. The molecule has 0 spiro atoms. The summed E-state index contributed by atoms with van der Waals surface area (Å²) in [5, 5.41) is 8.04. The number of carbonyl (C=O) groups is 2. The van der Waals surface area contributed by atoms with Gasteiger partial charge in [0.2, 0.25) is 5.88 Å². The summed E-state index contributed by atoms with van der Waals surface area (Å²) >= 11 is 0. The van der Waals surface area contributed by atoms with Gasteiger partial charge in [0.05, 0.1) is 7.11 Å². The van der Waals surface area contributed by atoms with Gasteiger partial charge < -0.3 is 25.4 Å². The Morgan fingerprint density at radius 3 is 2.44 bits per heavy atom. The van der Waals surface area contributed by atoms with E-state index in [4.69, 9.17) is 9.47 Å². The maximum atomic E-state index is 12.1. The third-order valence-corrected chi connectivity index (χ3v) is 3.32. The predicted molar refractivity (Wildman–Crippen MR) is 95.0 cm³/mol. The summed E-state index contributed by atoms with van der Waals surface area (Å²) in [6.07, 6.45) is 0.993. The number of nitrogens with one attached hydrogen (secondary N) is 3. The molecular weight excluding hydrogens is 324 g/mol. The van der Waals surface area contributed by atoms with Crippen molar-refractivity contribution in [2.45, 2.75) is 13.0 Å². The molecule has 3 amide bonds. The molecule has 132 valence electrons. The van der Waals surface area contributed by atoms with Crippen LogP contribution in [-0.2, 0) is 9.53 Å². The quantitative estimate of drug-likeness (QED) is 0.748. The first kappa shape index (κ1) is 18.2. The summed E-state index contributed by atoms with van der Waals surface area (Å²) < 4.78 is 10.0. The van der Waals surface area contributed by atoms with Crippen LogP contribution in [0.15, 0.2) is 42.6 Å². The molecule has 1 atom stereocenters. The average molecular weight is 344 g/mol. The normalized spacial score (nSPS) is 11.3. The van der Waals surface area contributed by atoms with Crippen molar-refractivity contribution >= 4 is 29.0 Å². The number of ether oxygens (including phenoxy) is 2. The monoisotopic (exact) mass is 344 g/mol. The molecular formula is C17H20N4O4. The van der Waals surface area contributed by atoms with Gasteiger partial charge in [-0.25, -0.2) is 9.78 Å². The second kappa shape index (κ2) is 8.65. The Hall–Kier alpha value is -3.13. The Morgan fingerprint density at radius 2 is 1.76 bits per heavy atom. The molecule has 1 heterocycles. The lowest BCUT2D eigenvalue weighted by Gasteiger charge is -2.12. The molecule has 0 bridgehead atoms. The van der Waals surface area contributed by atoms with Gasteiger partial charge in [0, 0.05) is 24.7 Å². The van der Waals surface area contributed by atoms with Crippen molar-refractivity contribution in [3.8, 4) is 5.88 Å². The van der Waals surface area contributed by atoms with E-state index in [0.29, 0.717) is 22.9 Å². The second-order valence-electron chi connectivity index (χ2n) is 5.09. The molecule has 0 fully saturated rings. The predicted octanol–water partition coefficient (Wildman–Crippen LogP) is 2.71. The van der Waals surface area contributed by atoms with Crippen molar-refractivity contribution in [1.29, 1.82) is 0 Å². The van der Waals surface area contributed by atoms with E-state index in [1.54, 1.807) is 49.5 Å². The largest absolute Gasteiger partial charge is 0.480 e. The molecule has 1 aromatic carbocycles. The molecule has 0 aliphatic carbocycles. The van der Waals surface area contributed by atoms with Gasteiger partial charge in [-0.05, 0) is 37.3 Å². The van der Waals surface area contributed by atoms with Crippen molar-refractivity contribution in [2.24, 2.45) is 0 Å². The zero-order chi connectivity index (χ0) is 18.2. The lowest BCUT2D eigenvalue weighted by Crippen LogP contribution is -2.26. The SMILES string of the molecule is COc1ncccc1NC(=O)Nc1cccc(NC(=O)C(C)OC)c1. The minimum atomic E-state index is -0.571. The number of methoxy groups -OCH3 is 2. The van der Waals surface area contributed by atoms with Crippen molar-refractivity contribution in [3.05, 3.63) is 42.6 Å². The van der Waals surface area contributed by atoms with Gasteiger partial charge in [-0.3, -0.25) is 4.79 Å². The van der Waals surface area contributed by atoms with Crippen LogP contribution in [0.1, 0.15) is 6.92 Å². The minimum absolute atomic E-state index is 0.274. The van der Waals surface area contributed by atoms with E-state index in [-0.39, 0.29) is 5.91 Å². The molecule has 1 unspecified atom stereocenters. The van der Waals surface area contributed by atoms with Gasteiger partial charge in [-0.15, -0.1) is 0 Å². The topological polar surface area (TPSA) is 102 Å². The highest BCUT2D eigenvalue weighted by Crippen LogP contribution is 2.21. The third kappa shape index (κ3) is 5.18. The lowest BCUT2D eigenvalue weighted by molar-refractivity contribution is -0.124. The Kier molecular flexibility index (Phi) is 6.30. The fraction of sp³-hybridized carbons (Fsp3) is 0.235. The molecule has 25 heavy (non-hydrogen) atoms. The first-order valence-corrected chi connectivity index (χ1v) is 7.54. The molecule has 0 aliphatic rings. The van der Waals surface area contributed by atoms with E-state index in [9.17, 15) is 9.59 Å². The number of anilines is 3. The number of amides is 3. The number of hydrogen-bond donors (Lipinski definition) is 3. The standard InChI is InChI=1S/C17H20N4O4/c1-11(24-2)15(22)19-12-6-4-7-13(10-12)20-17(23)21-14-8-5-9-18-16(14)25-3/h4-11H,1-3H3,(H,19,22)(H2,20,21,23). The molecule has 0 radical (unpaired) electrons. The summed E-state index contributed by atoms with van der Waals surface area (Å²) in [6, 6.07) is 9.68. The summed E-state index contributed by atoms with van der Waals surface area (Å²) in [5.41, 5.74) is 1.51. The average Bonchev–Trinajstić information content (AvgIpc) is 2.61. The van der Waals surface area contributed by atoms with Gasteiger partial charge in [0.15, 0.2) is 0 Å².